The summed E-state index contributed by atoms with van der Waals surface area (Å²) in [5, 5.41) is 6.37. The lowest BCUT2D eigenvalue weighted by molar-refractivity contribution is -0.120. The summed E-state index contributed by atoms with van der Waals surface area (Å²) in [6.45, 7) is 2.72. The summed E-state index contributed by atoms with van der Waals surface area (Å²) in [5.41, 5.74) is 0.223. The zero-order valence-electron chi connectivity index (χ0n) is 8.94. The first-order chi connectivity index (χ1) is 6.68. The Morgan fingerprint density at radius 2 is 2.00 bits per heavy atom. The second-order valence-corrected chi connectivity index (χ2v) is 4.96. The first kappa shape index (κ1) is 9.97. The van der Waals surface area contributed by atoms with E-state index in [-0.39, 0.29) is 11.4 Å². The van der Waals surface area contributed by atoms with E-state index in [1.165, 1.54) is 38.5 Å². The quantitative estimate of drug-likeness (QED) is 0.709. The zero-order valence-corrected chi connectivity index (χ0v) is 8.94. The Hall–Kier alpha value is -0.570. The van der Waals surface area contributed by atoms with Crippen LogP contribution in [0.3, 0.4) is 0 Å². The topological polar surface area (TPSA) is 41.1 Å². The third-order valence-corrected chi connectivity index (χ3v) is 3.33. The molecule has 2 saturated carbocycles. The van der Waals surface area contributed by atoms with Crippen molar-refractivity contribution in [2.24, 2.45) is 0 Å². The molecule has 3 nitrogen and oxygen atoms in total. The molecular weight excluding hydrogens is 176 g/mol. The highest BCUT2D eigenvalue weighted by Gasteiger charge is 2.29. The third-order valence-electron chi connectivity index (χ3n) is 3.33. The Balaban J connectivity index is 1.67. The van der Waals surface area contributed by atoms with Crippen molar-refractivity contribution in [3.05, 3.63) is 0 Å². The van der Waals surface area contributed by atoms with Crippen LogP contribution < -0.4 is 10.6 Å². The molecule has 80 valence electrons. The Labute approximate surface area is 85.6 Å². The molecule has 1 amide bonds. The molecule has 0 aliphatic heterocycles. The molecule has 2 aliphatic rings. The molecule has 0 atom stereocenters. The third kappa shape index (κ3) is 2.71. The minimum atomic E-state index is 0.167. The maximum absolute atomic E-state index is 11.4. The second-order valence-electron chi connectivity index (χ2n) is 4.96. The van der Waals surface area contributed by atoms with Gasteiger partial charge >= 0.3 is 0 Å². The maximum atomic E-state index is 11.4. The molecule has 0 spiro atoms. The van der Waals surface area contributed by atoms with Crippen molar-refractivity contribution in [3.8, 4) is 0 Å². The van der Waals surface area contributed by atoms with E-state index in [1.54, 1.807) is 0 Å². The van der Waals surface area contributed by atoms with Crippen molar-refractivity contribution < 1.29 is 4.79 Å². The average molecular weight is 196 g/mol. The van der Waals surface area contributed by atoms with Gasteiger partial charge in [0.2, 0.25) is 5.91 Å². The van der Waals surface area contributed by atoms with E-state index >= 15 is 0 Å². The van der Waals surface area contributed by atoms with Crippen molar-refractivity contribution in [2.45, 2.75) is 57.0 Å². The Morgan fingerprint density at radius 3 is 2.57 bits per heavy atom. The van der Waals surface area contributed by atoms with Gasteiger partial charge in [0.15, 0.2) is 0 Å². The highest BCUT2D eigenvalue weighted by Crippen LogP contribution is 2.28. The number of amides is 1. The van der Waals surface area contributed by atoms with Crippen LogP contribution in [0.15, 0.2) is 0 Å². The number of rotatable bonds is 4. The van der Waals surface area contributed by atoms with Crippen LogP contribution in [-0.2, 0) is 4.79 Å². The summed E-state index contributed by atoms with van der Waals surface area (Å²) < 4.78 is 0. The SMILES string of the molecule is CC1(NCC(=O)NC2CC2)CCCC1. The van der Waals surface area contributed by atoms with Crippen molar-refractivity contribution >= 4 is 5.91 Å². The van der Waals surface area contributed by atoms with Crippen molar-refractivity contribution in [1.82, 2.24) is 10.6 Å². The molecule has 0 aromatic heterocycles. The number of hydrogen-bond donors (Lipinski definition) is 2. The minimum Gasteiger partial charge on any atom is -0.352 e. The molecule has 0 bridgehead atoms. The lowest BCUT2D eigenvalue weighted by Crippen LogP contribution is -2.45. The van der Waals surface area contributed by atoms with Gasteiger partial charge in [0, 0.05) is 11.6 Å². The Morgan fingerprint density at radius 1 is 1.36 bits per heavy atom. The molecule has 2 fully saturated rings. The predicted octanol–water partition coefficient (Wildman–Crippen LogP) is 1.19. The van der Waals surface area contributed by atoms with Crippen LogP contribution in [0.2, 0.25) is 0 Å². The largest absolute Gasteiger partial charge is 0.352 e. The van der Waals surface area contributed by atoms with Crippen molar-refractivity contribution in [1.29, 1.82) is 0 Å². The van der Waals surface area contributed by atoms with Crippen LogP contribution in [-0.4, -0.2) is 24.0 Å². The molecule has 0 saturated heterocycles. The van der Waals surface area contributed by atoms with E-state index in [0.717, 1.165) is 0 Å². The van der Waals surface area contributed by atoms with Gasteiger partial charge in [-0.1, -0.05) is 12.8 Å². The first-order valence-electron chi connectivity index (χ1n) is 5.72. The van der Waals surface area contributed by atoms with Crippen molar-refractivity contribution in [3.63, 3.8) is 0 Å². The van der Waals surface area contributed by atoms with Crippen LogP contribution in [0, 0.1) is 0 Å². The van der Waals surface area contributed by atoms with Gasteiger partial charge in [0.25, 0.3) is 0 Å². The minimum absolute atomic E-state index is 0.167. The van der Waals surface area contributed by atoms with Gasteiger partial charge in [0.05, 0.1) is 6.54 Å². The summed E-state index contributed by atoms with van der Waals surface area (Å²) in [7, 11) is 0. The number of carbonyl (C=O) groups is 1. The van der Waals surface area contributed by atoms with Gasteiger partial charge in [-0.15, -0.1) is 0 Å². The highest BCUT2D eigenvalue weighted by molar-refractivity contribution is 5.78. The lowest BCUT2D eigenvalue weighted by Gasteiger charge is -2.24. The normalized spacial score (nSPS) is 24.9. The average Bonchev–Trinajstić information content (AvgIpc) is 2.85. The predicted molar refractivity (Wildman–Crippen MR) is 56.0 cm³/mol. The fourth-order valence-corrected chi connectivity index (χ4v) is 2.13. The lowest BCUT2D eigenvalue weighted by atomic mass is 10.0. The number of hydrogen-bond acceptors (Lipinski definition) is 2. The zero-order chi connectivity index (χ0) is 10.0. The summed E-state index contributed by atoms with van der Waals surface area (Å²) in [6, 6.07) is 0.487. The standard InChI is InChI=1S/C11H20N2O/c1-11(6-2-3-7-11)12-8-10(14)13-9-4-5-9/h9,12H,2-8H2,1H3,(H,13,14). The molecule has 2 rings (SSSR count). The maximum Gasteiger partial charge on any atom is 0.234 e. The Kier molecular flexibility index (Phi) is 2.77. The van der Waals surface area contributed by atoms with E-state index in [4.69, 9.17) is 0 Å². The van der Waals surface area contributed by atoms with Crippen LogP contribution in [0.5, 0.6) is 0 Å². The molecule has 2 N–H and O–H groups in total. The molecular formula is C11H20N2O. The van der Waals surface area contributed by atoms with Gasteiger partial charge in [0.1, 0.15) is 0 Å². The summed E-state index contributed by atoms with van der Waals surface area (Å²) in [5.74, 6) is 0.167. The van der Waals surface area contributed by atoms with E-state index in [0.29, 0.717) is 12.6 Å². The molecule has 0 aromatic rings. The monoisotopic (exact) mass is 196 g/mol. The second kappa shape index (κ2) is 3.89. The van der Waals surface area contributed by atoms with Crippen LogP contribution in [0.25, 0.3) is 0 Å². The fraction of sp³-hybridized carbons (Fsp3) is 0.909. The molecule has 0 radical (unpaired) electrons. The van der Waals surface area contributed by atoms with E-state index in [9.17, 15) is 4.79 Å². The van der Waals surface area contributed by atoms with Gasteiger partial charge in [-0.05, 0) is 32.6 Å². The Bertz CT molecular complexity index is 217. The molecule has 0 unspecified atom stereocenters. The highest BCUT2D eigenvalue weighted by atomic mass is 16.2. The molecule has 14 heavy (non-hydrogen) atoms. The van der Waals surface area contributed by atoms with E-state index in [2.05, 4.69) is 17.6 Å². The molecule has 0 aromatic carbocycles. The van der Waals surface area contributed by atoms with Gasteiger partial charge in [-0.25, -0.2) is 0 Å². The van der Waals surface area contributed by atoms with Crippen molar-refractivity contribution in [2.75, 3.05) is 6.54 Å². The summed E-state index contributed by atoms with van der Waals surface area (Å²) >= 11 is 0. The van der Waals surface area contributed by atoms with Gasteiger partial charge in [-0.3, -0.25) is 4.79 Å². The molecule has 0 heterocycles. The van der Waals surface area contributed by atoms with Gasteiger partial charge < -0.3 is 10.6 Å². The van der Waals surface area contributed by atoms with E-state index < -0.39 is 0 Å². The van der Waals surface area contributed by atoms with E-state index in [1.807, 2.05) is 0 Å². The molecule has 2 aliphatic carbocycles. The van der Waals surface area contributed by atoms with Crippen LogP contribution in [0.1, 0.15) is 45.4 Å². The molecule has 3 heteroatoms. The number of carbonyl (C=O) groups excluding carboxylic acids is 1. The summed E-state index contributed by atoms with van der Waals surface area (Å²) in [6.07, 6.45) is 7.36. The first-order valence-corrected chi connectivity index (χ1v) is 5.72. The van der Waals surface area contributed by atoms with Crippen LogP contribution in [0.4, 0.5) is 0 Å². The summed E-state index contributed by atoms with van der Waals surface area (Å²) in [4.78, 5) is 11.4. The van der Waals surface area contributed by atoms with Crippen LogP contribution >= 0.6 is 0 Å². The fourth-order valence-electron chi connectivity index (χ4n) is 2.13. The number of nitrogens with one attached hydrogen (secondary N) is 2. The van der Waals surface area contributed by atoms with Gasteiger partial charge in [-0.2, -0.15) is 0 Å². The smallest absolute Gasteiger partial charge is 0.234 e.